The summed E-state index contributed by atoms with van der Waals surface area (Å²) in [7, 11) is 0. The van der Waals surface area contributed by atoms with Crippen molar-refractivity contribution in [1.29, 1.82) is 0 Å². The summed E-state index contributed by atoms with van der Waals surface area (Å²) in [4.78, 5) is 25.4. The van der Waals surface area contributed by atoms with E-state index in [2.05, 4.69) is 48.1 Å². The van der Waals surface area contributed by atoms with Gasteiger partial charge in [-0.25, -0.2) is 0 Å². The van der Waals surface area contributed by atoms with Gasteiger partial charge >= 0.3 is 5.97 Å². The van der Waals surface area contributed by atoms with Gasteiger partial charge in [0.15, 0.2) is 0 Å². The fourth-order valence-corrected chi connectivity index (χ4v) is 7.63. The van der Waals surface area contributed by atoms with E-state index in [1.807, 2.05) is 6.08 Å². The summed E-state index contributed by atoms with van der Waals surface area (Å²) in [6.07, 6.45) is 6.70. The second kappa shape index (κ2) is 6.19. The molecule has 0 radical (unpaired) electrons. The van der Waals surface area contributed by atoms with Crippen LogP contribution in [0.4, 0.5) is 0 Å². The molecule has 3 aliphatic carbocycles. The number of Topliss-reactive ketones (excluding diaryl/α,β-unsaturated/α-hetero) is 1. The first-order valence-corrected chi connectivity index (χ1v) is 10.7. The van der Waals surface area contributed by atoms with Crippen LogP contribution in [0.2, 0.25) is 0 Å². The molecule has 3 heteroatoms. The summed E-state index contributed by atoms with van der Waals surface area (Å²) in [5.74, 6) is 1.25. The molecule has 0 heterocycles. The maximum Gasteiger partial charge on any atom is 0.303 e. The molecule has 0 aromatic carbocycles. The van der Waals surface area contributed by atoms with E-state index in [0.29, 0.717) is 24.0 Å². The number of carbonyl (C=O) groups is 2. The normalized spacial score (nSPS) is 52.5. The lowest BCUT2D eigenvalue weighted by Gasteiger charge is -2.65. The molecule has 1 unspecified atom stereocenters. The van der Waals surface area contributed by atoms with Crippen LogP contribution in [0.15, 0.2) is 12.7 Å². The predicted molar refractivity (Wildman–Crippen MR) is 108 cm³/mol. The Balaban J connectivity index is 2.28. The molecule has 0 saturated heterocycles. The average Bonchev–Trinajstić information content (AvgIpc) is 2.94. The van der Waals surface area contributed by atoms with Gasteiger partial charge in [0.05, 0.1) is 0 Å². The highest BCUT2D eigenvalue weighted by Gasteiger charge is 2.69. The quantitative estimate of drug-likeness (QED) is 0.468. The van der Waals surface area contributed by atoms with Crippen molar-refractivity contribution in [3.05, 3.63) is 12.7 Å². The lowest BCUT2D eigenvalue weighted by molar-refractivity contribution is -0.221. The fraction of sp³-hybridized carbons (Fsp3) is 0.833. The highest BCUT2D eigenvalue weighted by molar-refractivity contribution is 5.85. The van der Waals surface area contributed by atoms with Crippen LogP contribution < -0.4 is 0 Å². The number of hydrogen-bond donors (Lipinski definition) is 0. The Morgan fingerprint density at radius 1 is 1.15 bits per heavy atom. The van der Waals surface area contributed by atoms with E-state index >= 15 is 0 Å². The molecule has 0 aromatic heterocycles. The highest BCUT2D eigenvalue weighted by atomic mass is 16.6. The van der Waals surface area contributed by atoms with Crippen LogP contribution >= 0.6 is 0 Å². The predicted octanol–water partition coefficient (Wildman–Crippen LogP) is 5.58. The topological polar surface area (TPSA) is 43.4 Å². The van der Waals surface area contributed by atoms with Gasteiger partial charge in [-0.15, -0.1) is 6.58 Å². The average molecular weight is 375 g/mol. The maximum absolute atomic E-state index is 13.3. The van der Waals surface area contributed by atoms with Crippen LogP contribution in [-0.4, -0.2) is 17.4 Å². The van der Waals surface area contributed by atoms with Gasteiger partial charge in [-0.1, -0.05) is 40.7 Å². The Morgan fingerprint density at radius 2 is 1.78 bits per heavy atom. The smallest absolute Gasteiger partial charge is 0.303 e. The van der Waals surface area contributed by atoms with Crippen LogP contribution in [0.25, 0.3) is 0 Å². The third kappa shape index (κ3) is 2.45. The summed E-state index contributed by atoms with van der Waals surface area (Å²) >= 11 is 0. The Bertz CT molecular complexity index is 669. The van der Waals surface area contributed by atoms with Crippen LogP contribution in [0, 0.1) is 39.9 Å². The molecule has 0 amide bonds. The SMILES string of the molecule is C=C[C@]1(C)C[C@H](C)[C@]2(C)C(C)CC[C@]3(CCC(=O)[C@H]32)[C@@H](C)[C@]1(C)OC(C)=O. The number of esters is 1. The Labute approximate surface area is 165 Å². The van der Waals surface area contributed by atoms with Gasteiger partial charge in [0, 0.05) is 30.6 Å². The number of hydrogen-bond acceptors (Lipinski definition) is 3. The first kappa shape index (κ1) is 20.6. The molecule has 8 atom stereocenters. The third-order valence-electron chi connectivity index (χ3n) is 9.88. The van der Waals surface area contributed by atoms with Crippen molar-refractivity contribution in [2.45, 2.75) is 86.2 Å². The molecule has 0 aliphatic heterocycles. The molecule has 2 bridgehead atoms. The molecule has 0 aromatic rings. The molecule has 3 rings (SSSR count). The van der Waals surface area contributed by atoms with Crippen molar-refractivity contribution in [2.75, 3.05) is 0 Å². The van der Waals surface area contributed by atoms with Crippen LogP contribution in [0.1, 0.15) is 80.6 Å². The van der Waals surface area contributed by atoms with E-state index in [4.69, 9.17) is 4.74 Å². The van der Waals surface area contributed by atoms with Crippen molar-refractivity contribution in [3.8, 4) is 0 Å². The summed E-state index contributed by atoms with van der Waals surface area (Å²) in [5.41, 5.74) is -1.09. The molecule has 0 spiro atoms. The van der Waals surface area contributed by atoms with Crippen molar-refractivity contribution >= 4 is 11.8 Å². The van der Waals surface area contributed by atoms with Gasteiger partial charge < -0.3 is 4.74 Å². The van der Waals surface area contributed by atoms with Crippen LogP contribution in [0.5, 0.6) is 0 Å². The minimum Gasteiger partial charge on any atom is -0.458 e. The monoisotopic (exact) mass is 374 g/mol. The summed E-state index contributed by atoms with van der Waals surface area (Å²) in [5, 5.41) is 0. The first-order valence-electron chi connectivity index (χ1n) is 10.7. The zero-order chi connectivity index (χ0) is 20.4. The van der Waals surface area contributed by atoms with Gasteiger partial charge in [-0.2, -0.15) is 0 Å². The standard InChI is InChI=1S/C24H38O3/c1-9-21(6)14-16(3)22(7)15(2)10-12-24(13-11-19(26)20(22)24)17(4)23(21,8)27-18(5)25/h9,15-17,20H,1,10-14H2,2-8H3/t15?,16-,17-,20-,21+,22-,23-,24-/m0/s1. The van der Waals surface area contributed by atoms with Gasteiger partial charge in [0.25, 0.3) is 0 Å². The Kier molecular flexibility index (Phi) is 4.72. The van der Waals surface area contributed by atoms with Crippen molar-refractivity contribution in [3.63, 3.8) is 0 Å². The van der Waals surface area contributed by atoms with Crippen molar-refractivity contribution in [2.24, 2.45) is 39.9 Å². The summed E-state index contributed by atoms with van der Waals surface area (Å²) in [6.45, 7) is 19.2. The second-order valence-corrected chi connectivity index (χ2v) is 10.6. The van der Waals surface area contributed by atoms with E-state index < -0.39 is 5.60 Å². The molecule has 3 nitrogen and oxygen atoms in total. The number of rotatable bonds is 2. The molecular formula is C24H38O3. The van der Waals surface area contributed by atoms with E-state index in [0.717, 1.165) is 25.7 Å². The van der Waals surface area contributed by atoms with E-state index in [1.165, 1.54) is 6.92 Å². The van der Waals surface area contributed by atoms with Gasteiger partial charge in [-0.05, 0) is 55.3 Å². The highest BCUT2D eigenvalue weighted by Crippen LogP contribution is 2.71. The second-order valence-electron chi connectivity index (χ2n) is 10.6. The lowest BCUT2D eigenvalue weighted by Crippen LogP contribution is -2.65. The molecule has 152 valence electrons. The molecular weight excluding hydrogens is 336 g/mol. The van der Waals surface area contributed by atoms with E-state index in [1.54, 1.807) is 0 Å². The first-order chi connectivity index (χ1) is 12.4. The molecule has 27 heavy (non-hydrogen) atoms. The molecule has 3 fully saturated rings. The minimum absolute atomic E-state index is 0.0120. The summed E-state index contributed by atoms with van der Waals surface area (Å²) < 4.78 is 6.15. The van der Waals surface area contributed by atoms with E-state index in [-0.39, 0.29) is 34.1 Å². The molecule has 3 saturated carbocycles. The van der Waals surface area contributed by atoms with Crippen LogP contribution in [-0.2, 0) is 14.3 Å². The Morgan fingerprint density at radius 3 is 2.33 bits per heavy atom. The zero-order valence-corrected chi connectivity index (χ0v) is 18.4. The number of ketones is 1. The minimum atomic E-state index is -0.667. The number of ether oxygens (including phenoxy) is 1. The van der Waals surface area contributed by atoms with Gasteiger partial charge in [0.1, 0.15) is 11.4 Å². The lowest BCUT2D eigenvalue weighted by atomic mass is 9.40. The largest absolute Gasteiger partial charge is 0.458 e. The Hall–Kier alpha value is -1.12. The van der Waals surface area contributed by atoms with E-state index in [9.17, 15) is 9.59 Å². The fourth-order valence-electron chi connectivity index (χ4n) is 7.63. The summed E-state index contributed by atoms with van der Waals surface area (Å²) in [6, 6.07) is 0. The molecule has 0 N–H and O–H groups in total. The van der Waals surface area contributed by atoms with Gasteiger partial charge in [0.2, 0.25) is 0 Å². The third-order valence-corrected chi connectivity index (χ3v) is 9.88. The van der Waals surface area contributed by atoms with Crippen LogP contribution in [0.3, 0.4) is 0 Å². The molecule has 3 aliphatic rings. The zero-order valence-electron chi connectivity index (χ0n) is 18.4. The maximum atomic E-state index is 13.3. The van der Waals surface area contributed by atoms with Crippen molar-refractivity contribution in [1.82, 2.24) is 0 Å². The van der Waals surface area contributed by atoms with Crippen molar-refractivity contribution < 1.29 is 14.3 Å². The number of carbonyl (C=O) groups excluding carboxylic acids is 2. The van der Waals surface area contributed by atoms with Gasteiger partial charge in [-0.3, -0.25) is 9.59 Å².